The van der Waals surface area contributed by atoms with Crippen molar-refractivity contribution in [1.29, 1.82) is 0 Å². The number of carbonyl (C=O) groups is 1. The van der Waals surface area contributed by atoms with Crippen molar-refractivity contribution in [3.05, 3.63) is 22.7 Å². The number of halogens is 1. The van der Waals surface area contributed by atoms with Crippen molar-refractivity contribution in [2.24, 2.45) is 0 Å². The largest absolute Gasteiger partial charge is 0.495 e. The number of nitrogens with one attached hydrogen (secondary N) is 2. The molecule has 0 saturated carbocycles. The second-order valence-corrected chi connectivity index (χ2v) is 5.99. The zero-order valence-corrected chi connectivity index (χ0v) is 13.3. The van der Waals surface area contributed by atoms with Gasteiger partial charge in [-0.15, -0.1) is 0 Å². The first-order valence-electron chi connectivity index (χ1n) is 7.06. The lowest BCUT2D eigenvalue weighted by molar-refractivity contribution is -0.116. The minimum absolute atomic E-state index is 0.0359. The second kappa shape index (κ2) is 7.64. The summed E-state index contributed by atoms with van der Waals surface area (Å²) in [6, 6.07) is 6.07. The van der Waals surface area contributed by atoms with E-state index < -0.39 is 0 Å². The topological polar surface area (TPSA) is 50.4 Å². The SMILES string of the molecule is COc1ccc(Br)cc1NC(=O)CCC1CCCCN1. The van der Waals surface area contributed by atoms with E-state index in [0.717, 1.165) is 17.4 Å². The first-order chi connectivity index (χ1) is 9.69. The van der Waals surface area contributed by atoms with Gasteiger partial charge in [-0.05, 0) is 44.0 Å². The molecular formula is C15H21BrN2O2. The van der Waals surface area contributed by atoms with Gasteiger partial charge in [-0.1, -0.05) is 22.4 Å². The van der Waals surface area contributed by atoms with Gasteiger partial charge in [-0.3, -0.25) is 4.79 Å². The van der Waals surface area contributed by atoms with Crippen molar-refractivity contribution in [1.82, 2.24) is 5.32 Å². The predicted molar refractivity (Wildman–Crippen MR) is 84.2 cm³/mol. The highest BCUT2D eigenvalue weighted by Gasteiger charge is 2.15. The van der Waals surface area contributed by atoms with Gasteiger partial charge in [0.1, 0.15) is 5.75 Å². The van der Waals surface area contributed by atoms with E-state index in [9.17, 15) is 4.79 Å². The molecule has 20 heavy (non-hydrogen) atoms. The normalized spacial score (nSPS) is 18.6. The summed E-state index contributed by atoms with van der Waals surface area (Å²) in [6.45, 7) is 1.08. The van der Waals surface area contributed by atoms with E-state index in [-0.39, 0.29) is 5.91 Å². The summed E-state index contributed by atoms with van der Waals surface area (Å²) in [5.74, 6) is 0.714. The Hall–Kier alpha value is -1.07. The molecule has 1 saturated heterocycles. The fourth-order valence-corrected chi connectivity index (χ4v) is 2.83. The van der Waals surface area contributed by atoms with E-state index in [0.29, 0.717) is 23.9 Å². The van der Waals surface area contributed by atoms with E-state index in [4.69, 9.17) is 4.74 Å². The Kier molecular flexibility index (Phi) is 5.86. The standard InChI is InChI=1S/C15H21BrN2O2/c1-20-14-7-5-11(16)10-13(14)18-15(19)8-6-12-4-2-3-9-17-12/h5,7,10,12,17H,2-4,6,8-9H2,1H3,(H,18,19). The van der Waals surface area contributed by atoms with Crippen LogP contribution in [0.1, 0.15) is 32.1 Å². The Labute approximate surface area is 128 Å². The molecule has 1 aliphatic heterocycles. The third-order valence-corrected chi connectivity index (χ3v) is 4.06. The summed E-state index contributed by atoms with van der Waals surface area (Å²) < 4.78 is 6.17. The Morgan fingerprint density at radius 2 is 2.35 bits per heavy atom. The van der Waals surface area contributed by atoms with Gasteiger partial charge in [0.2, 0.25) is 5.91 Å². The Bertz CT molecular complexity index is 459. The summed E-state index contributed by atoms with van der Waals surface area (Å²) in [4.78, 5) is 12.0. The molecular weight excluding hydrogens is 320 g/mol. The van der Waals surface area contributed by atoms with Crippen LogP contribution < -0.4 is 15.4 Å². The number of piperidine rings is 1. The highest BCUT2D eigenvalue weighted by atomic mass is 79.9. The maximum absolute atomic E-state index is 12.0. The molecule has 1 aromatic rings. The zero-order valence-electron chi connectivity index (χ0n) is 11.7. The van der Waals surface area contributed by atoms with Crippen LogP contribution in [-0.2, 0) is 4.79 Å². The van der Waals surface area contributed by atoms with Crippen LogP contribution in [0.25, 0.3) is 0 Å². The minimum atomic E-state index is 0.0359. The molecule has 1 aromatic carbocycles. The number of hydrogen-bond donors (Lipinski definition) is 2. The molecule has 1 aliphatic rings. The lowest BCUT2D eigenvalue weighted by atomic mass is 10.0. The Morgan fingerprint density at radius 1 is 1.50 bits per heavy atom. The molecule has 5 heteroatoms. The number of methoxy groups -OCH3 is 1. The van der Waals surface area contributed by atoms with Crippen LogP contribution in [-0.4, -0.2) is 25.6 Å². The second-order valence-electron chi connectivity index (χ2n) is 5.08. The van der Waals surface area contributed by atoms with Crippen LogP contribution in [0, 0.1) is 0 Å². The monoisotopic (exact) mass is 340 g/mol. The van der Waals surface area contributed by atoms with Crippen LogP contribution in [0.2, 0.25) is 0 Å². The average Bonchev–Trinajstić information content (AvgIpc) is 2.46. The minimum Gasteiger partial charge on any atom is -0.495 e. The number of hydrogen-bond acceptors (Lipinski definition) is 3. The Morgan fingerprint density at radius 3 is 3.05 bits per heavy atom. The molecule has 0 spiro atoms. The van der Waals surface area contributed by atoms with Crippen molar-refractivity contribution >= 4 is 27.5 Å². The third kappa shape index (κ3) is 4.49. The zero-order chi connectivity index (χ0) is 14.4. The van der Waals surface area contributed by atoms with Crippen LogP contribution in [0.3, 0.4) is 0 Å². The molecule has 0 bridgehead atoms. The number of ether oxygens (including phenoxy) is 1. The molecule has 0 aliphatic carbocycles. The van der Waals surface area contributed by atoms with Gasteiger partial charge in [0.05, 0.1) is 12.8 Å². The maximum Gasteiger partial charge on any atom is 0.224 e. The quantitative estimate of drug-likeness (QED) is 0.864. The van der Waals surface area contributed by atoms with Crippen molar-refractivity contribution in [2.75, 3.05) is 19.0 Å². The van der Waals surface area contributed by atoms with Crippen LogP contribution >= 0.6 is 15.9 Å². The van der Waals surface area contributed by atoms with Gasteiger partial charge < -0.3 is 15.4 Å². The fraction of sp³-hybridized carbons (Fsp3) is 0.533. The van der Waals surface area contributed by atoms with Crippen LogP contribution in [0.5, 0.6) is 5.75 Å². The molecule has 110 valence electrons. The lowest BCUT2D eigenvalue weighted by Gasteiger charge is -2.23. The number of rotatable bonds is 5. The van der Waals surface area contributed by atoms with Crippen molar-refractivity contribution in [2.45, 2.75) is 38.1 Å². The molecule has 2 N–H and O–H groups in total. The molecule has 4 nitrogen and oxygen atoms in total. The highest BCUT2D eigenvalue weighted by Crippen LogP contribution is 2.28. The van der Waals surface area contributed by atoms with Gasteiger partial charge >= 0.3 is 0 Å². The third-order valence-electron chi connectivity index (χ3n) is 3.57. The van der Waals surface area contributed by atoms with E-state index >= 15 is 0 Å². The van der Waals surface area contributed by atoms with E-state index in [1.165, 1.54) is 19.3 Å². The molecule has 1 heterocycles. The first-order valence-corrected chi connectivity index (χ1v) is 7.85. The number of carbonyl (C=O) groups excluding carboxylic acids is 1. The summed E-state index contributed by atoms with van der Waals surface area (Å²) in [5, 5.41) is 6.38. The molecule has 1 amide bonds. The van der Waals surface area contributed by atoms with E-state index in [2.05, 4.69) is 26.6 Å². The van der Waals surface area contributed by atoms with Crippen molar-refractivity contribution < 1.29 is 9.53 Å². The smallest absolute Gasteiger partial charge is 0.224 e. The maximum atomic E-state index is 12.0. The molecule has 2 rings (SSSR count). The molecule has 1 fully saturated rings. The molecule has 1 unspecified atom stereocenters. The van der Waals surface area contributed by atoms with Gasteiger partial charge in [0.25, 0.3) is 0 Å². The summed E-state index contributed by atoms with van der Waals surface area (Å²) >= 11 is 3.40. The van der Waals surface area contributed by atoms with E-state index in [1.807, 2.05) is 18.2 Å². The first kappa shape index (κ1) is 15.3. The van der Waals surface area contributed by atoms with Gasteiger partial charge in [-0.2, -0.15) is 0 Å². The predicted octanol–water partition coefficient (Wildman–Crippen LogP) is 3.32. The Balaban J connectivity index is 1.86. The number of anilines is 1. The van der Waals surface area contributed by atoms with Crippen LogP contribution in [0.4, 0.5) is 5.69 Å². The van der Waals surface area contributed by atoms with E-state index in [1.54, 1.807) is 7.11 Å². The van der Waals surface area contributed by atoms with Gasteiger partial charge in [-0.25, -0.2) is 0 Å². The fourth-order valence-electron chi connectivity index (χ4n) is 2.47. The summed E-state index contributed by atoms with van der Waals surface area (Å²) in [6.07, 6.45) is 5.11. The molecule has 0 radical (unpaired) electrons. The number of benzene rings is 1. The number of amides is 1. The van der Waals surface area contributed by atoms with Gasteiger partial charge in [0, 0.05) is 16.9 Å². The summed E-state index contributed by atoms with van der Waals surface area (Å²) in [5.41, 5.74) is 0.712. The van der Waals surface area contributed by atoms with Crippen LogP contribution in [0.15, 0.2) is 22.7 Å². The summed E-state index contributed by atoms with van der Waals surface area (Å²) in [7, 11) is 1.60. The van der Waals surface area contributed by atoms with Gasteiger partial charge in [0.15, 0.2) is 0 Å². The van der Waals surface area contributed by atoms with Crippen molar-refractivity contribution in [3.8, 4) is 5.75 Å². The highest BCUT2D eigenvalue weighted by molar-refractivity contribution is 9.10. The van der Waals surface area contributed by atoms with Crippen molar-refractivity contribution in [3.63, 3.8) is 0 Å². The lowest BCUT2D eigenvalue weighted by Crippen LogP contribution is -2.34. The average molecular weight is 341 g/mol. The molecule has 1 atom stereocenters. The molecule has 0 aromatic heterocycles.